The zero-order valence-electron chi connectivity index (χ0n) is 13.7. The maximum absolute atomic E-state index is 12.4. The van der Waals surface area contributed by atoms with Crippen LogP contribution in [0.4, 0.5) is 11.4 Å². The van der Waals surface area contributed by atoms with Gasteiger partial charge < -0.3 is 10.2 Å². The van der Waals surface area contributed by atoms with Crippen LogP contribution < -0.4 is 10.2 Å². The topological polar surface area (TPSA) is 49.4 Å². The van der Waals surface area contributed by atoms with Gasteiger partial charge in [0.25, 0.3) is 5.91 Å². The van der Waals surface area contributed by atoms with Crippen LogP contribution in [0, 0.1) is 6.92 Å². The number of benzene rings is 2. The molecule has 0 aliphatic carbocycles. The van der Waals surface area contributed by atoms with Crippen LogP contribution >= 0.6 is 11.6 Å². The lowest BCUT2D eigenvalue weighted by Gasteiger charge is -2.16. The van der Waals surface area contributed by atoms with E-state index >= 15 is 0 Å². The SMILES string of the molecule is CCC(=O)N1CCc2cc(C(=O)Nc3ccc(C)c(Cl)c3)ccc21. The average Bonchev–Trinajstić information content (AvgIpc) is 3.00. The highest BCUT2D eigenvalue weighted by Crippen LogP contribution is 2.30. The summed E-state index contributed by atoms with van der Waals surface area (Å²) < 4.78 is 0. The molecule has 124 valence electrons. The fourth-order valence-electron chi connectivity index (χ4n) is 2.87. The Labute approximate surface area is 146 Å². The Hall–Kier alpha value is -2.33. The first-order valence-electron chi connectivity index (χ1n) is 8.00. The van der Waals surface area contributed by atoms with Gasteiger partial charge in [-0.1, -0.05) is 24.6 Å². The lowest BCUT2D eigenvalue weighted by atomic mass is 10.1. The van der Waals surface area contributed by atoms with E-state index in [1.807, 2.05) is 38.1 Å². The smallest absolute Gasteiger partial charge is 0.255 e. The van der Waals surface area contributed by atoms with Gasteiger partial charge in [0.15, 0.2) is 0 Å². The molecule has 24 heavy (non-hydrogen) atoms. The maximum Gasteiger partial charge on any atom is 0.255 e. The van der Waals surface area contributed by atoms with Gasteiger partial charge in [0.2, 0.25) is 5.91 Å². The molecule has 2 aromatic rings. The molecule has 3 rings (SSSR count). The fourth-order valence-corrected chi connectivity index (χ4v) is 3.05. The summed E-state index contributed by atoms with van der Waals surface area (Å²) in [5.41, 5.74) is 4.16. The molecular formula is C19H19ClN2O2. The third-order valence-electron chi connectivity index (χ3n) is 4.27. The number of halogens is 1. The minimum atomic E-state index is -0.182. The molecular weight excluding hydrogens is 324 g/mol. The molecule has 0 aromatic heterocycles. The second kappa shape index (κ2) is 6.65. The summed E-state index contributed by atoms with van der Waals surface area (Å²) in [6, 6.07) is 10.9. The van der Waals surface area contributed by atoms with E-state index < -0.39 is 0 Å². The highest BCUT2D eigenvalue weighted by molar-refractivity contribution is 6.31. The number of carbonyl (C=O) groups excluding carboxylic acids is 2. The summed E-state index contributed by atoms with van der Waals surface area (Å²) in [6.45, 7) is 4.45. The molecule has 0 bridgehead atoms. The number of hydrogen-bond donors (Lipinski definition) is 1. The predicted octanol–water partition coefficient (Wildman–Crippen LogP) is 4.20. The predicted molar refractivity (Wildman–Crippen MR) is 96.9 cm³/mol. The van der Waals surface area contributed by atoms with Gasteiger partial charge in [0.1, 0.15) is 0 Å². The van der Waals surface area contributed by atoms with Gasteiger partial charge in [-0.15, -0.1) is 0 Å². The van der Waals surface area contributed by atoms with Crippen LogP contribution in [0.1, 0.15) is 34.8 Å². The molecule has 0 unspecified atom stereocenters. The molecule has 0 atom stereocenters. The molecule has 2 aromatic carbocycles. The van der Waals surface area contributed by atoms with Crippen LogP contribution in [0.15, 0.2) is 36.4 Å². The van der Waals surface area contributed by atoms with Crippen molar-refractivity contribution >= 4 is 34.8 Å². The Balaban J connectivity index is 1.79. The van der Waals surface area contributed by atoms with Crippen LogP contribution in [0.2, 0.25) is 5.02 Å². The number of nitrogens with zero attached hydrogens (tertiary/aromatic N) is 1. The van der Waals surface area contributed by atoms with Gasteiger partial charge in [-0.25, -0.2) is 0 Å². The Morgan fingerprint density at radius 2 is 2.00 bits per heavy atom. The first-order valence-corrected chi connectivity index (χ1v) is 8.38. The van der Waals surface area contributed by atoms with E-state index in [1.54, 1.807) is 17.0 Å². The number of hydrogen-bond acceptors (Lipinski definition) is 2. The van der Waals surface area contributed by atoms with E-state index in [1.165, 1.54) is 0 Å². The molecule has 0 saturated carbocycles. The highest BCUT2D eigenvalue weighted by atomic mass is 35.5. The third kappa shape index (κ3) is 3.15. The molecule has 1 aliphatic heterocycles. The van der Waals surface area contributed by atoms with E-state index in [-0.39, 0.29) is 11.8 Å². The summed E-state index contributed by atoms with van der Waals surface area (Å²) in [5, 5.41) is 3.48. The monoisotopic (exact) mass is 342 g/mol. The summed E-state index contributed by atoms with van der Waals surface area (Å²) in [5.74, 6) is -0.0711. The molecule has 5 heteroatoms. The molecule has 2 amide bonds. The summed E-state index contributed by atoms with van der Waals surface area (Å²) >= 11 is 6.09. The van der Waals surface area contributed by atoms with Gasteiger partial charge in [-0.3, -0.25) is 9.59 Å². The van der Waals surface area contributed by atoms with Gasteiger partial charge in [-0.05, 0) is 54.8 Å². The van der Waals surface area contributed by atoms with Gasteiger partial charge in [0.05, 0.1) is 0 Å². The zero-order chi connectivity index (χ0) is 17.3. The Bertz CT molecular complexity index is 817. The minimum absolute atomic E-state index is 0.111. The second-order valence-corrected chi connectivity index (χ2v) is 6.32. The van der Waals surface area contributed by atoms with Crippen LogP contribution in [0.5, 0.6) is 0 Å². The van der Waals surface area contributed by atoms with E-state index in [0.29, 0.717) is 29.2 Å². The van der Waals surface area contributed by atoms with Crippen LogP contribution in [0.3, 0.4) is 0 Å². The molecule has 0 radical (unpaired) electrons. The van der Waals surface area contributed by atoms with E-state index in [9.17, 15) is 9.59 Å². The number of aryl methyl sites for hydroxylation is 1. The zero-order valence-corrected chi connectivity index (χ0v) is 14.5. The van der Waals surface area contributed by atoms with Gasteiger partial charge >= 0.3 is 0 Å². The van der Waals surface area contributed by atoms with Crippen molar-refractivity contribution in [3.63, 3.8) is 0 Å². The molecule has 4 nitrogen and oxygen atoms in total. The van der Waals surface area contributed by atoms with Crippen molar-refractivity contribution < 1.29 is 9.59 Å². The molecule has 1 N–H and O–H groups in total. The average molecular weight is 343 g/mol. The number of amides is 2. The largest absolute Gasteiger partial charge is 0.322 e. The summed E-state index contributed by atoms with van der Waals surface area (Å²) in [7, 11) is 0. The Morgan fingerprint density at radius 1 is 1.21 bits per heavy atom. The summed E-state index contributed by atoms with van der Waals surface area (Å²) in [6.07, 6.45) is 1.26. The number of carbonyl (C=O) groups is 2. The lowest BCUT2D eigenvalue weighted by Crippen LogP contribution is -2.27. The minimum Gasteiger partial charge on any atom is -0.322 e. The number of fused-ring (bicyclic) bond motifs is 1. The summed E-state index contributed by atoms with van der Waals surface area (Å²) in [4.78, 5) is 26.2. The van der Waals surface area contributed by atoms with Crippen LogP contribution in [0.25, 0.3) is 0 Å². The van der Waals surface area contributed by atoms with Crippen LogP contribution in [-0.2, 0) is 11.2 Å². The first kappa shape index (κ1) is 16.5. The Kier molecular flexibility index (Phi) is 4.58. The second-order valence-electron chi connectivity index (χ2n) is 5.91. The van der Waals surface area contributed by atoms with Gasteiger partial charge in [0, 0.05) is 34.9 Å². The van der Waals surface area contributed by atoms with E-state index in [2.05, 4.69) is 5.32 Å². The number of nitrogens with one attached hydrogen (secondary N) is 1. The molecule has 0 fully saturated rings. The quantitative estimate of drug-likeness (QED) is 0.908. The van der Waals surface area contributed by atoms with Crippen molar-refractivity contribution in [3.05, 3.63) is 58.1 Å². The van der Waals surface area contributed by atoms with Gasteiger partial charge in [-0.2, -0.15) is 0 Å². The van der Waals surface area contributed by atoms with E-state index in [4.69, 9.17) is 11.6 Å². The fraction of sp³-hybridized carbons (Fsp3) is 0.263. The molecule has 1 heterocycles. The van der Waals surface area contributed by atoms with Crippen molar-refractivity contribution in [2.24, 2.45) is 0 Å². The number of anilines is 2. The lowest BCUT2D eigenvalue weighted by molar-refractivity contribution is -0.118. The van der Waals surface area contributed by atoms with E-state index in [0.717, 1.165) is 23.2 Å². The third-order valence-corrected chi connectivity index (χ3v) is 4.68. The standard InChI is InChI=1S/C19H19ClN2O2/c1-3-18(23)22-9-8-13-10-14(5-7-17(13)22)19(24)21-15-6-4-12(2)16(20)11-15/h4-7,10-11H,3,8-9H2,1-2H3,(H,21,24). The molecule has 0 spiro atoms. The highest BCUT2D eigenvalue weighted by Gasteiger charge is 2.24. The van der Waals surface area contributed by atoms with Crippen molar-refractivity contribution in [2.75, 3.05) is 16.8 Å². The van der Waals surface area contributed by atoms with Crippen molar-refractivity contribution in [2.45, 2.75) is 26.7 Å². The van der Waals surface area contributed by atoms with Crippen molar-refractivity contribution in [1.82, 2.24) is 0 Å². The Morgan fingerprint density at radius 3 is 2.71 bits per heavy atom. The number of rotatable bonds is 3. The normalized spacial score (nSPS) is 12.9. The molecule has 0 saturated heterocycles. The first-order chi connectivity index (χ1) is 11.5. The maximum atomic E-state index is 12.4. The van der Waals surface area contributed by atoms with Crippen molar-refractivity contribution in [1.29, 1.82) is 0 Å². The van der Waals surface area contributed by atoms with Crippen LogP contribution in [-0.4, -0.2) is 18.4 Å². The van der Waals surface area contributed by atoms with Crippen molar-refractivity contribution in [3.8, 4) is 0 Å². The molecule has 1 aliphatic rings.